The molecule has 20 heavy (non-hydrogen) atoms. The second kappa shape index (κ2) is 6.30. The molecule has 0 bridgehead atoms. The molecule has 1 amide bonds. The zero-order valence-electron chi connectivity index (χ0n) is 10.5. The van der Waals surface area contributed by atoms with Gasteiger partial charge in [-0.1, -0.05) is 23.2 Å². The molecule has 1 heterocycles. The minimum Gasteiger partial charge on any atom is -0.325 e. The highest BCUT2D eigenvalue weighted by Crippen LogP contribution is 2.22. The van der Waals surface area contributed by atoms with Crippen molar-refractivity contribution in [1.29, 1.82) is 0 Å². The predicted octanol–water partition coefficient (Wildman–Crippen LogP) is 1.71. The molecule has 1 saturated heterocycles. The summed E-state index contributed by atoms with van der Waals surface area (Å²) >= 11 is 11.7. The highest BCUT2D eigenvalue weighted by Gasteiger charge is 2.27. The van der Waals surface area contributed by atoms with Crippen molar-refractivity contribution in [3.05, 3.63) is 28.2 Å². The van der Waals surface area contributed by atoms with Gasteiger partial charge in [0.1, 0.15) is 0 Å². The van der Waals surface area contributed by atoms with E-state index >= 15 is 0 Å². The summed E-state index contributed by atoms with van der Waals surface area (Å²) in [6.07, 6.45) is 0.540. The van der Waals surface area contributed by atoms with Crippen LogP contribution in [0, 0.1) is 0 Å². The fourth-order valence-electron chi connectivity index (χ4n) is 2.02. The summed E-state index contributed by atoms with van der Waals surface area (Å²) in [6, 6.07) is 4.59. The zero-order valence-corrected chi connectivity index (χ0v) is 12.9. The maximum Gasteiger partial charge on any atom is 0.238 e. The van der Waals surface area contributed by atoms with E-state index in [9.17, 15) is 13.2 Å². The largest absolute Gasteiger partial charge is 0.325 e. The van der Waals surface area contributed by atoms with Crippen LogP contribution in [0.4, 0.5) is 5.69 Å². The lowest BCUT2D eigenvalue weighted by Crippen LogP contribution is -2.36. The van der Waals surface area contributed by atoms with Crippen molar-refractivity contribution in [1.82, 2.24) is 5.32 Å². The Hall–Kier alpha value is -0.820. The second-order valence-electron chi connectivity index (χ2n) is 4.69. The molecule has 2 rings (SSSR count). The molecular weight excluding hydrogens is 323 g/mol. The van der Waals surface area contributed by atoms with Gasteiger partial charge in [0.25, 0.3) is 0 Å². The Bertz CT molecular complexity index is 599. The van der Waals surface area contributed by atoms with Gasteiger partial charge in [0.2, 0.25) is 5.91 Å². The highest BCUT2D eigenvalue weighted by molar-refractivity contribution is 7.91. The molecule has 5 nitrogen and oxygen atoms in total. The first-order valence-corrected chi connectivity index (χ1v) is 8.61. The van der Waals surface area contributed by atoms with E-state index < -0.39 is 9.84 Å². The first kappa shape index (κ1) is 15.6. The summed E-state index contributed by atoms with van der Waals surface area (Å²) in [5.74, 6) is -0.00736. The van der Waals surface area contributed by atoms with Gasteiger partial charge in [0, 0.05) is 21.8 Å². The number of sulfone groups is 1. The SMILES string of the molecule is O=C(CNC1CCS(=O)(=O)C1)Nc1cc(Cl)cc(Cl)c1. The molecule has 2 N–H and O–H groups in total. The van der Waals surface area contributed by atoms with Crippen LogP contribution in [0.15, 0.2) is 18.2 Å². The molecule has 1 atom stereocenters. The summed E-state index contributed by atoms with van der Waals surface area (Å²) in [5, 5.41) is 6.44. The van der Waals surface area contributed by atoms with E-state index in [0.29, 0.717) is 22.2 Å². The number of amides is 1. The molecule has 0 aromatic heterocycles. The summed E-state index contributed by atoms with van der Waals surface area (Å²) in [7, 11) is -2.94. The standard InChI is InChI=1S/C12H14Cl2N2O3S/c13-8-3-9(14)5-11(4-8)16-12(17)6-15-10-1-2-20(18,19)7-10/h3-5,10,15H,1-2,6-7H2,(H,16,17). The fraction of sp³-hybridized carbons (Fsp3) is 0.417. The van der Waals surface area contributed by atoms with Gasteiger partial charge in [0.05, 0.1) is 18.1 Å². The molecule has 1 aliphatic heterocycles. The zero-order chi connectivity index (χ0) is 14.8. The third kappa shape index (κ3) is 4.63. The minimum atomic E-state index is -2.94. The van der Waals surface area contributed by atoms with Crippen molar-refractivity contribution in [3.63, 3.8) is 0 Å². The molecule has 8 heteroatoms. The molecule has 0 spiro atoms. The number of hydrogen-bond donors (Lipinski definition) is 2. The maximum absolute atomic E-state index is 11.7. The molecular formula is C12H14Cl2N2O3S. The average Bonchev–Trinajstić information content (AvgIpc) is 2.65. The van der Waals surface area contributed by atoms with Gasteiger partial charge in [-0.15, -0.1) is 0 Å². The summed E-state index contributed by atoms with van der Waals surface area (Å²) in [5.41, 5.74) is 0.508. The predicted molar refractivity (Wildman–Crippen MR) is 80.2 cm³/mol. The lowest BCUT2D eigenvalue weighted by molar-refractivity contribution is -0.115. The molecule has 110 valence electrons. The van der Waals surface area contributed by atoms with Crippen LogP contribution in [0.25, 0.3) is 0 Å². The van der Waals surface area contributed by atoms with Crippen LogP contribution >= 0.6 is 23.2 Å². The van der Waals surface area contributed by atoms with E-state index in [1.165, 1.54) is 0 Å². The lowest BCUT2D eigenvalue weighted by Gasteiger charge is -2.11. The van der Waals surface area contributed by atoms with Gasteiger partial charge >= 0.3 is 0 Å². The monoisotopic (exact) mass is 336 g/mol. The lowest BCUT2D eigenvalue weighted by atomic mass is 10.2. The molecule has 1 aromatic rings. The van der Waals surface area contributed by atoms with Gasteiger partial charge in [-0.25, -0.2) is 8.42 Å². The molecule has 0 aliphatic carbocycles. The summed E-state index contributed by atoms with van der Waals surface area (Å²) < 4.78 is 22.6. The van der Waals surface area contributed by atoms with E-state index in [1.807, 2.05) is 0 Å². The van der Waals surface area contributed by atoms with E-state index in [0.717, 1.165) is 0 Å². The van der Waals surface area contributed by atoms with Crippen molar-refractivity contribution < 1.29 is 13.2 Å². The van der Waals surface area contributed by atoms with Gasteiger partial charge in [-0.2, -0.15) is 0 Å². The second-order valence-corrected chi connectivity index (χ2v) is 7.79. The van der Waals surface area contributed by atoms with E-state index in [1.54, 1.807) is 18.2 Å². The van der Waals surface area contributed by atoms with E-state index in [2.05, 4.69) is 10.6 Å². The number of benzene rings is 1. The van der Waals surface area contributed by atoms with Crippen molar-refractivity contribution in [2.24, 2.45) is 0 Å². The first-order valence-electron chi connectivity index (χ1n) is 6.04. The van der Waals surface area contributed by atoms with Crippen molar-refractivity contribution in [2.45, 2.75) is 12.5 Å². The Morgan fingerprint density at radius 2 is 1.90 bits per heavy atom. The number of halogens is 2. The van der Waals surface area contributed by atoms with Crippen molar-refractivity contribution in [2.75, 3.05) is 23.4 Å². The van der Waals surface area contributed by atoms with Gasteiger partial charge < -0.3 is 10.6 Å². The fourth-order valence-corrected chi connectivity index (χ4v) is 4.26. The molecule has 0 saturated carbocycles. The maximum atomic E-state index is 11.7. The van der Waals surface area contributed by atoms with Gasteiger partial charge in [-0.05, 0) is 24.6 Å². The van der Waals surface area contributed by atoms with Crippen LogP contribution in [-0.4, -0.2) is 38.4 Å². The molecule has 1 fully saturated rings. The number of anilines is 1. The Balaban J connectivity index is 1.84. The van der Waals surface area contributed by atoms with Crippen LogP contribution in [-0.2, 0) is 14.6 Å². The Kier molecular flexibility index (Phi) is 4.90. The normalized spacial score (nSPS) is 20.8. The van der Waals surface area contributed by atoms with E-state index in [4.69, 9.17) is 23.2 Å². The number of carbonyl (C=O) groups excluding carboxylic acids is 1. The molecule has 1 aromatic carbocycles. The molecule has 1 unspecified atom stereocenters. The number of rotatable bonds is 4. The highest BCUT2D eigenvalue weighted by atomic mass is 35.5. The minimum absolute atomic E-state index is 0.0460. The topological polar surface area (TPSA) is 75.3 Å². The average molecular weight is 337 g/mol. The number of carbonyl (C=O) groups is 1. The van der Waals surface area contributed by atoms with Crippen molar-refractivity contribution in [3.8, 4) is 0 Å². The number of nitrogens with one attached hydrogen (secondary N) is 2. The first-order chi connectivity index (χ1) is 9.34. The van der Waals surface area contributed by atoms with Gasteiger partial charge in [-0.3, -0.25) is 4.79 Å². The quantitative estimate of drug-likeness (QED) is 0.877. The van der Waals surface area contributed by atoms with Crippen molar-refractivity contribution >= 4 is 44.6 Å². The summed E-state index contributed by atoms with van der Waals surface area (Å²) in [4.78, 5) is 11.7. The van der Waals surface area contributed by atoms with Crippen LogP contribution in [0.5, 0.6) is 0 Å². The third-order valence-electron chi connectivity index (χ3n) is 2.93. The van der Waals surface area contributed by atoms with Crippen LogP contribution in [0.3, 0.4) is 0 Å². The third-order valence-corrected chi connectivity index (χ3v) is 5.13. The number of hydrogen-bond acceptors (Lipinski definition) is 4. The Morgan fingerprint density at radius 1 is 1.25 bits per heavy atom. The smallest absolute Gasteiger partial charge is 0.238 e. The Morgan fingerprint density at radius 3 is 2.45 bits per heavy atom. The van der Waals surface area contributed by atoms with E-state index in [-0.39, 0.29) is 30.0 Å². The molecule has 0 radical (unpaired) electrons. The summed E-state index contributed by atoms with van der Waals surface area (Å²) in [6.45, 7) is 0.0460. The Labute approximate surface area is 127 Å². The molecule has 1 aliphatic rings. The van der Waals surface area contributed by atoms with Crippen LogP contribution in [0.2, 0.25) is 10.0 Å². The van der Waals surface area contributed by atoms with Gasteiger partial charge in [0.15, 0.2) is 9.84 Å². The van der Waals surface area contributed by atoms with Crippen LogP contribution in [0.1, 0.15) is 6.42 Å². The van der Waals surface area contributed by atoms with Crippen LogP contribution < -0.4 is 10.6 Å².